The number of benzene rings is 2. The second-order valence-electron chi connectivity index (χ2n) is 7.19. The number of hydrogen-bond donors (Lipinski definition) is 0. The van der Waals surface area contributed by atoms with Gasteiger partial charge in [-0.25, -0.2) is 18.7 Å². The highest BCUT2D eigenvalue weighted by atomic mass is 35.5. The van der Waals surface area contributed by atoms with Crippen molar-refractivity contribution in [3.63, 3.8) is 0 Å². The normalized spacial score (nSPS) is 11.1. The van der Waals surface area contributed by atoms with E-state index in [1.165, 1.54) is 19.4 Å². The van der Waals surface area contributed by atoms with Gasteiger partial charge < -0.3 is 4.74 Å². The number of aromatic nitrogens is 4. The summed E-state index contributed by atoms with van der Waals surface area (Å²) >= 11 is 7.23. The SMILES string of the molecule is COc1cc(-c2nc3c(s2)c(=O)n(-c2cncc4ccccc24)c(=O)n3CC#N)c(Cl)cc1F. The van der Waals surface area contributed by atoms with Crippen LogP contribution in [0.2, 0.25) is 5.02 Å². The van der Waals surface area contributed by atoms with Gasteiger partial charge in [0.05, 0.1) is 30.1 Å². The van der Waals surface area contributed by atoms with Crippen molar-refractivity contribution in [1.29, 1.82) is 5.26 Å². The Bertz CT molecular complexity index is 1760. The van der Waals surface area contributed by atoms with Gasteiger partial charge in [0.25, 0.3) is 5.56 Å². The summed E-state index contributed by atoms with van der Waals surface area (Å²) in [6.07, 6.45) is 3.06. The molecule has 34 heavy (non-hydrogen) atoms. The molecule has 8 nitrogen and oxygen atoms in total. The van der Waals surface area contributed by atoms with Gasteiger partial charge in [0.1, 0.15) is 16.3 Å². The van der Waals surface area contributed by atoms with Crippen molar-refractivity contribution in [1.82, 2.24) is 19.1 Å². The Balaban J connectivity index is 1.86. The van der Waals surface area contributed by atoms with E-state index < -0.39 is 17.1 Å². The first-order valence-corrected chi connectivity index (χ1v) is 11.0. The molecule has 0 aliphatic rings. The Morgan fingerprint density at radius 3 is 2.79 bits per heavy atom. The fraction of sp³-hybridized carbons (Fsp3) is 0.0870. The number of methoxy groups -OCH3 is 1. The number of nitrogens with zero attached hydrogens (tertiary/aromatic N) is 5. The monoisotopic (exact) mass is 493 g/mol. The highest BCUT2D eigenvalue weighted by molar-refractivity contribution is 7.21. The molecule has 168 valence electrons. The Hall–Kier alpha value is -4.07. The zero-order valence-electron chi connectivity index (χ0n) is 17.5. The van der Waals surface area contributed by atoms with E-state index in [-0.39, 0.29) is 38.4 Å². The van der Waals surface area contributed by atoms with Crippen LogP contribution >= 0.6 is 22.9 Å². The van der Waals surface area contributed by atoms with Crippen LogP contribution < -0.4 is 16.0 Å². The summed E-state index contributed by atoms with van der Waals surface area (Å²) in [5.74, 6) is -0.697. The molecule has 0 atom stereocenters. The topological polar surface area (TPSA) is 103 Å². The number of nitriles is 1. The summed E-state index contributed by atoms with van der Waals surface area (Å²) in [5, 5.41) is 11.1. The van der Waals surface area contributed by atoms with Crippen LogP contribution in [0.15, 0.2) is 58.4 Å². The number of ether oxygens (including phenoxy) is 1. The van der Waals surface area contributed by atoms with E-state index in [0.29, 0.717) is 10.9 Å². The number of hydrogen-bond acceptors (Lipinski definition) is 7. The Kier molecular flexibility index (Phi) is 5.36. The first-order chi connectivity index (χ1) is 16.4. The quantitative estimate of drug-likeness (QED) is 0.372. The fourth-order valence-electron chi connectivity index (χ4n) is 3.70. The second-order valence-corrected chi connectivity index (χ2v) is 8.59. The number of fused-ring (bicyclic) bond motifs is 2. The predicted octanol–water partition coefficient (Wildman–Crippen LogP) is 4.15. The molecule has 0 fully saturated rings. The van der Waals surface area contributed by atoms with Gasteiger partial charge in [0.15, 0.2) is 17.2 Å². The number of rotatable bonds is 4. The molecule has 0 bridgehead atoms. The standard InChI is InChI=1S/C23H13ClFN5O3S/c1-33-18-8-14(15(24)9-16(18)25)21-28-20-19(34-21)22(31)30(23(32)29(20)7-6-26)17-11-27-10-12-4-2-3-5-13(12)17/h2-5,8-11H,7H2,1H3. The zero-order chi connectivity index (χ0) is 24.0. The lowest BCUT2D eigenvalue weighted by Crippen LogP contribution is -2.38. The molecule has 0 aliphatic heterocycles. The zero-order valence-corrected chi connectivity index (χ0v) is 19.0. The lowest BCUT2D eigenvalue weighted by atomic mass is 10.1. The molecule has 3 heterocycles. The van der Waals surface area contributed by atoms with Crippen LogP contribution in [0.4, 0.5) is 4.39 Å². The van der Waals surface area contributed by atoms with Crippen molar-refractivity contribution in [2.45, 2.75) is 6.54 Å². The maximum atomic E-state index is 14.0. The van der Waals surface area contributed by atoms with Gasteiger partial charge in [0, 0.05) is 22.5 Å². The van der Waals surface area contributed by atoms with Crippen LogP contribution in [0.3, 0.4) is 0 Å². The number of thiazole rings is 1. The van der Waals surface area contributed by atoms with Gasteiger partial charge in [-0.3, -0.25) is 14.3 Å². The summed E-state index contributed by atoms with van der Waals surface area (Å²) in [6.45, 7) is -0.336. The first-order valence-electron chi connectivity index (χ1n) is 9.84. The number of halogens is 2. The molecule has 2 aromatic carbocycles. The van der Waals surface area contributed by atoms with Crippen molar-refractivity contribution in [3.05, 3.63) is 80.5 Å². The molecule has 0 saturated carbocycles. The fourth-order valence-corrected chi connectivity index (χ4v) is 5.03. The highest BCUT2D eigenvalue weighted by Crippen LogP contribution is 2.37. The molecule has 0 spiro atoms. The molecule has 0 unspecified atom stereocenters. The molecular formula is C23H13ClFN5O3S. The van der Waals surface area contributed by atoms with Gasteiger partial charge in [-0.2, -0.15) is 5.26 Å². The van der Waals surface area contributed by atoms with Gasteiger partial charge in [-0.05, 0) is 12.1 Å². The van der Waals surface area contributed by atoms with Crippen LogP contribution in [0, 0.1) is 17.1 Å². The first kappa shape index (κ1) is 21.8. The molecule has 0 N–H and O–H groups in total. The summed E-state index contributed by atoms with van der Waals surface area (Å²) in [7, 11) is 1.32. The Morgan fingerprint density at radius 1 is 1.24 bits per heavy atom. The summed E-state index contributed by atoms with van der Waals surface area (Å²) < 4.78 is 21.3. The summed E-state index contributed by atoms with van der Waals surface area (Å²) in [6, 6.07) is 11.6. The van der Waals surface area contributed by atoms with Crippen LogP contribution in [-0.2, 0) is 6.54 Å². The lowest BCUT2D eigenvalue weighted by Gasteiger charge is -2.10. The third kappa shape index (κ3) is 3.34. The van der Waals surface area contributed by atoms with Crippen molar-refractivity contribution in [3.8, 4) is 28.1 Å². The van der Waals surface area contributed by atoms with E-state index in [4.69, 9.17) is 16.3 Å². The van der Waals surface area contributed by atoms with E-state index in [1.807, 2.05) is 18.2 Å². The van der Waals surface area contributed by atoms with E-state index >= 15 is 0 Å². The van der Waals surface area contributed by atoms with Crippen LogP contribution in [0.5, 0.6) is 5.75 Å². The summed E-state index contributed by atoms with van der Waals surface area (Å²) in [4.78, 5) is 35.6. The number of pyridine rings is 1. The molecule has 5 aromatic rings. The minimum atomic E-state index is -0.725. The Labute approximate surface area is 199 Å². The molecule has 0 aliphatic carbocycles. The van der Waals surface area contributed by atoms with E-state index in [9.17, 15) is 19.2 Å². The molecule has 0 radical (unpaired) electrons. The second kappa shape index (κ2) is 8.37. The largest absolute Gasteiger partial charge is 0.494 e. The van der Waals surface area contributed by atoms with E-state index in [2.05, 4.69) is 9.97 Å². The van der Waals surface area contributed by atoms with E-state index in [0.717, 1.165) is 31.9 Å². The van der Waals surface area contributed by atoms with Gasteiger partial charge in [0.2, 0.25) is 0 Å². The van der Waals surface area contributed by atoms with Crippen molar-refractivity contribution < 1.29 is 9.13 Å². The molecule has 5 rings (SSSR count). The average Bonchev–Trinajstić information content (AvgIpc) is 3.27. The predicted molar refractivity (Wildman–Crippen MR) is 127 cm³/mol. The molecule has 0 amide bonds. The third-order valence-electron chi connectivity index (χ3n) is 5.27. The minimum Gasteiger partial charge on any atom is -0.494 e. The summed E-state index contributed by atoms with van der Waals surface area (Å²) in [5.41, 5.74) is -0.675. The van der Waals surface area contributed by atoms with Crippen molar-refractivity contribution in [2.24, 2.45) is 0 Å². The van der Waals surface area contributed by atoms with Crippen LogP contribution in [0.25, 0.3) is 37.4 Å². The van der Waals surface area contributed by atoms with Crippen LogP contribution in [0.1, 0.15) is 0 Å². The minimum absolute atomic E-state index is 0.0420. The van der Waals surface area contributed by atoms with Crippen molar-refractivity contribution >= 4 is 44.1 Å². The maximum absolute atomic E-state index is 14.0. The third-order valence-corrected chi connectivity index (χ3v) is 6.65. The molecule has 11 heteroatoms. The van der Waals surface area contributed by atoms with Crippen molar-refractivity contribution in [2.75, 3.05) is 7.11 Å². The maximum Gasteiger partial charge on any atom is 0.338 e. The smallest absolute Gasteiger partial charge is 0.338 e. The van der Waals surface area contributed by atoms with Crippen LogP contribution in [-0.4, -0.2) is 26.2 Å². The lowest BCUT2D eigenvalue weighted by molar-refractivity contribution is 0.387. The molecule has 0 saturated heterocycles. The highest BCUT2D eigenvalue weighted by Gasteiger charge is 2.22. The van der Waals surface area contributed by atoms with E-state index in [1.54, 1.807) is 18.3 Å². The molecule has 3 aromatic heterocycles. The van der Waals surface area contributed by atoms with Gasteiger partial charge in [-0.1, -0.05) is 35.9 Å². The molecular weight excluding hydrogens is 481 g/mol. The van der Waals surface area contributed by atoms with Gasteiger partial charge >= 0.3 is 5.69 Å². The Morgan fingerprint density at radius 2 is 2.03 bits per heavy atom. The van der Waals surface area contributed by atoms with Gasteiger partial charge in [-0.15, -0.1) is 11.3 Å². The average molecular weight is 494 g/mol.